The van der Waals surface area contributed by atoms with Crippen molar-refractivity contribution in [3.05, 3.63) is 148 Å². The van der Waals surface area contributed by atoms with Crippen LogP contribution in [0, 0.1) is 0 Å². The molecular formula is C84H88N8O16. The molecule has 0 saturated heterocycles. The van der Waals surface area contributed by atoms with Crippen molar-refractivity contribution in [2.45, 2.75) is 183 Å². The van der Waals surface area contributed by atoms with Crippen LogP contribution in [0.15, 0.2) is 103 Å². The summed E-state index contributed by atoms with van der Waals surface area (Å²) in [4.78, 5) is 108. The standard InChI is InChI=1S/C84H88N8O16/c1-13-43-46-27-42-25-26-61(46)101-68-31-53(85-76(93)16-4)54(86-77(94)17-5)32-69(68)102-62-39-63-48(28-47(43)62)44(14-2)49-29-50-45(15-3)51-30-52-67(107-74-37-59(91-82(99)22-10)60(92-83(100)23-11)38-75(74)108-84(42,52)24-12)41-66(51)106-73-36-58(90-81(98)21-9)57(89-80(97)20-8)35-72(73)105-65(50)40-64(49)104-71-34-56(88-79(96)19-7)55(33-70(71)103-63)87-78(95)18-6/h25-41,43-45H,13-24H2,1-12H3,(H,85,93)(H,86,94)(H,87,95)(H,88,96)(H,89,97)(H,90,98)(H,91,99)(H,92,100). The number of ether oxygens (including phenoxy) is 8. The summed E-state index contributed by atoms with van der Waals surface area (Å²) in [6, 6.07) is 30.4. The van der Waals surface area contributed by atoms with Crippen LogP contribution in [-0.2, 0) is 44.0 Å². The van der Waals surface area contributed by atoms with Gasteiger partial charge in [-0.25, -0.2) is 0 Å². The number of rotatable bonds is 20. The van der Waals surface area contributed by atoms with Crippen molar-refractivity contribution in [3.8, 4) is 86.2 Å². The van der Waals surface area contributed by atoms with E-state index in [0.29, 0.717) is 98.3 Å². The van der Waals surface area contributed by atoms with Crippen molar-refractivity contribution < 1.29 is 76.3 Å². The van der Waals surface area contributed by atoms with Gasteiger partial charge in [0.1, 0.15) is 40.2 Å². The van der Waals surface area contributed by atoms with Crippen LogP contribution in [0.1, 0.15) is 222 Å². The maximum Gasteiger partial charge on any atom is 0.224 e. The van der Waals surface area contributed by atoms with E-state index in [2.05, 4.69) is 81.5 Å². The molecule has 1 aliphatic carbocycles. The Morgan fingerprint density at radius 3 is 0.759 bits per heavy atom. The van der Waals surface area contributed by atoms with E-state index in [9.17, 15) is 38.4 Å². The fourth-order valence-corrected chi connectivity index (χ4v) is 14.3. The van der Waals surface area contributed by atoms with E-state index >= 15 is 0 Å². The Morgan fingerprint density at radius 1 is 0.259 bits per heavy atom. The molecule has 8 N–H and O–H groups in total. The molecule has 24 nitrogen and oxygen atoms in total. The average Bonchev–Trinajstić information content (AvgIpc) is 1.57. The molecule has 24 heteroatoms. The van der Waals surface area contributed by atoms with Crippen molar-refractivity contribution in [2.24, 2.45) is 0 Å². The van der Waals surface area contributed by atoms with Gasteiger partial charge in [0.05, 0.1) is 45.5 Å². The zero-order valence-corrected chi connectivity index (χ0v) is 62.6. The highest BCUT2D eigenvalue weighted by molar-refractivity contribution is 6.04. The normalized spacial score (nSPS) is 16.1. The number of fused-ring (bicyclic) bond motifs is 6. The summed E-state index contributed by atoms with van der Waals surface area (Å²) in [7, 11) is 0. The molecule has 8 amide bonds. The second-order valence-corrected chi connectivity index (χ2v) is 27.0. The highest BCUT2D eigenvalue weighted by Gasteiger charge is 2.45. The van der Waals surface area contributed by atoms with Crippen molar-refractivity contribution in [2.75, 3.05) is 42.5 Å². The Labute approximate surface area is 626 Å². The minimum atomic E-state index is -1.55. The lowest BCUT2D eigenvalue weighted by Crippen LogP contribution is -2.34. The van der Waals surface area contributed by atoms with Crippen LogP contribution in [0.2, 0.25) is 0 Å². The van der Waals surface area contributed by atoms with Crippen molar-refractivity contribution in [1.82, 2.24) is 0 Å². The molecule has 8 bridgehead atoms. The van der Waals surface area contributed by atoms with Gasteiger partial charge in [-0.1, -0.05) is 89.2 Å². The second-order valence-electron chi connectivity index (χ2n) is 27.0. The number of amides is 8. The first kappa shape index (κ1) is 74.2. The minimum absolute atomic E-state index is 0.0965. The van der Waals surface area contributed by atoms with Gasteiger partial charge < -0.3 is 80.4 Å². The largest absolute Gasteiger partial charge is 0.474 e. The monoisotopic (exact) mass is 1460 g/mol. The van der Waals surface area contributed by atoms with Gasteiger partial charge in [-0.15, -0.1) is 0 Å². The summed E-state index contributed by atoms with van der Waals surface area (Å²) < 4.78 is 59.2. The lowest BCUT2D eigenvalue weighted by atomic mass is 9.76. The number of hydrogen-bond donors (Lipinski definition) is 8. The van der Waals surface area contributed by atoms with Gasteiger partial charge >= 0.3 is 0 Å². The van der Waals surface area contributed by atoms with Gasteiger partial charge in [-0.05, 0) is 56.0 Å². The SMILES string of the molecule is CCC(=O)Nc1cc2c(cc1NC(=O)CC)Oc1cc3c4cc1C(CC)c1cc(ccc1O2)C1(CC)Oc2cc(NC(=O)CC)c(NC(=O)CC)cc2Oc2cc5c(cc21)C(CC)c1cc(c(cc1Oc1cc(NC(=O)CC)c(NC(=O)CC)cc1O5)Oc1cc(NC(=O)CC)c(NC(=O)CC)cc1O3)C4CC. The van der Waals surface area contributed by atoms with Gasteiger partial charge in [0.2, 0.25) is 47.3 Å². The molecule has 0 radical (unpaired) electrons. The average molecular weight is 1470 g/mol. The predicted molar refractivity (Wildman–Crippen MR) is 412 cm³/mol. The van der Waals surface area contributed by atoms with Crippen LogP contribution in [0.4, 0.5) is 45.5 Å². The molecule has 4 unspecified atom stereocenters. The van der Waals surface area contributed by atoms with Crippen molar-refractivity contribution in [1.29, 1.82) is 0 Å². The number of benzene rings is 8. The summed E-state index contributed by atoms with van der Waals surface area (Å²) >= 11 is 0. The maximum absolute atomic E-state index is 13.6. The first-order chi connectivity index (χ1) is 52.1. The fourth-order valence-electron chi connectivity index (χ4n) is 14.3. The molecule has 0 spiro atoms. The highest BCUT2D eigenvalue weighted by atomic mass is 16.6. The van der Waals surface area contributed by atoms with Crippen LogP contribution in [0.5, 0.6) is 86.2 Å². The molecule has 560 valence electrons. The van der Waals surface area contributed by atoms with Crippen LogP contribution in [0.3, 0.4) is 0 Å². The molecule has 5 aliphatic rings. The van der Waals surface area contributed by atoms with Gasteiger partial charge in [-0.3, -0.25) is 38.4 Å². The number of nitrogens with one attached hydrogen (secondary N) is 8. The lowest BCUT2D eigenvalue weighted by Gasteiger charge is -2.36. The molecule has 4 atom stereocenters. The third-order valence-electron chi connectivity index (χ3n) is 20.2. The Balaban J connectivity index is 1.21. The number of anilines is 8. The molecular weight excluding hydrogens is 1380 g/mol. The summed E-state index contributed by atoms with van der Waals surface area (Å²) in [6.07, 6.45) is 2.31. The lowest BCUT2D eigenvalue weighted by molar-refractivity contribution is -0.116. The van der Waals surface area contributed by atoms with Crippen LogP contribution >= 0.6 is 0 Å². The fraction of sp³-hybridized carbons (Fsp3) is 0.333. The Kier molecular flexibility index (Phi) is 21.2. The Morgan fingerprint density at radius 2 is 0.491 bits per heavy atom. The zero-order valence-electron chi connectivity index (χ0n) is 62.6. The van der Waals surface area contributed by atoms with Crippen LogP contribution in [-0.4, -0.2) is 47.3 Å². The van der Waals surface area contributed by atoms with E-state index in [-0.39, 0.29) is 202 Å². The van der Waals surface area contributed by atoms with Crippen molar-refractivity contribution in [3.63, 3.8) is 0 Å². The zero-order chi connectivity index (χ0) is 76.6. The number of carbonyl (C=O) groups is 8. The Hall–Kier alpha value is -12.1. The van der Waals surface area contributed by atoms with E-state index in [1.54, 1.807) is 110 Å². The van der Waals surface area contributed by atoms with Gasteiger partial charge in [0, 0.05) is 180 Å². The van der Waals surface area contributed by atoms with E-state index in [1.165, 1.54) is 0 Å². The smallest absolute Gasteiger partial charge is 0.224 e. The molecule has 8 aromatic carbocycles. The van der Waals surface area contributed by atoms with E-state index < -0.39 is 23.4 Å². The first-order valence-electron chi connectivity index (χ1n) is 37.3. The Bertz CT molecular complexity index is 5050. The summed E-state index contributed by atoms with van der Waals surface area (Å²) in [5, 5.41) is 23.8. The molecule has 8 aromatic rings. The third kappa shape index (κ3) is 14.2. The number of carbonyl (C=O) groups excluding carboxylic acids is 8. The molecule has 13 rings (SSSR count). The van der Waals surface area contributed by atoms with E-state index in [1.807, 2.05) is 37.3 Å². The van der Waals surface area contributed by atoms with Gasteiger partial charge in [0.25, 0.3) is 0 Å². The highest BCUT2D eigenvalue weighted by Crippen LogP contribution is 2.61. The summed E-state index contributed by atoms with van der Waals surface area (Å²) in [6.45, 7) is 21.9. The topological polar surface area (TPSA) is 307 Å². The summed E-state index contributed by atoms with van der Waals surface area (Å²) in [5.74, 6) is -1.28. The molecule has 4 heterocycles. The van der Waals surface area contributed by atoms with Gasteiger partial charge in [-0.2, -0.15) is 0 Å². The van der Waals surface area contributed by atoms with Crippen molar-refractivity contribution >= 4 is 92.8 Å². The molecule has 0 fully saturated rings. The number of hydrogen-bond acceptors (Lipinski definition) is 16. The van der Waals surface area contributed by atoms with E-state index in [4.69, 9.17) is 37.9 Å². The van der Waals surface area contributed by atoms with E-state index in [0.717, 1.165) is 0 Å². The van der Waals surface area contributed by atoms with Crippen LogP contribution in [0.25, 0.3) is 0 Å². The first-order valence-corrected chi connectivity index (χ1v) is 37.3. The molecule has 108 heavy (non-hydrogen) atoms. The summed E-state index contributed by atoms with van der Waals surface area (Å²) in [5.41, 5.74) is 5.45. The second kappa shape index (κ2) is 30.8. The predicted octanol–water partition coefficient (Wildman–Crippen LogP) is 19.9. The minimum Gasteiger partial charge on any atom is -0.474 e. The maximum atomic E-state index is 13.6. The van der Waals surface area contributed by atoms with Gasteiger partial charge in [0.15, 0.2) is 51.6 Å². The molecule has 4 aliphatic heterocycles. The molecule has 0 saturated carbocycles. The van der Waals surface area contributed by atoms with Crippen LogP contribution < -0.4 is 80.4 Å². The quantitative estimate of drug-likeness (QED) is 0.0352. The third-order valence-corrected chi connectivity index (χ3v) is 20.2. The molecule has 0 aromatic heterocycles.